The number of carbonyl (C=O) groups excluding carboxylic acids is 2. The van der Waals surface area contributed by atoms with E-state index in [0.29, 0.717) is 19.0 Å². The smallest absolute Gasteiger partial charge is 0.251 e. The first-order chi connectivity index (χ1) is 9.13. The van der Waals surface area contributed by atoms with Gasteiger partial charge in [-0.1, -0.05) is 25.7 Å². The fourth-order valence-corrected chi connectivity index (χ4v) is 3.17. The largest absolute Gasteiger partial charge is 0.339 e. The Bertz CT molecular complexity index is 338. The van der Waals surface area contributed by atoms with E-state index >= 15 is 0 Å². The highest BCUT2D eigenvalue weighted by molar-refractivity contribution is 5.88. The molecule has 1 saturated heterocycles. The quantitative estimate of drug-likeness (QED) is 0.577. The lowest BCUT2D eigenvalue weighted by Crippen LogP contribution is -2.38. The summed E-state index contributed by atoms with van der Waals surface area (Å²) in [5.74, 6) is -0.192. The van der Waals surface area contributed by atoms with E-state index in [1.54, 1.807) is 7.05 Å². The standard InChI is InChI=1S/C14H24N2O3/c1-15(19-2)14(18)11-9-13(17)16(10-11)12-7-5-3-4-6-8-12/h11-12H,3-10H2,1-2H3/t11-/m0/s1. The summed E-state index contributed by atoms with van der Waals surface area (Å²) < 4.78 is 0. The third-order valence-electron chi connectivity index (χ3n) is 4.36. The number of hydrogen-bond acceptors (Lipinski definition) is 3. The number of hydrogen-bond donors (Lipinski definition) is 0. The van der Waals surface area contributed by atoms with Crippen LogP contribution in [0.3, 0.4) is 0 Å². The van der Waals surface area contributed by atoms with Crippen molar-refractivity contribution in [2.24, 2.45) is 5.92 Å². The summed E-state index contributed by atoms with van der Waals surface area (Å²) in [4.78, 5) is 31.0. The monoisotopic (exact) mass is 268 g/mol. The van der Waals surface area contributed by atoms with Crippen LogP contribution in [0, 0.1) is 5.92 Å². The van der Waals surface area contributed by atoms with Gasteiger partial charge in [-0.05, 0) is 12.8 Å². The predicted octanol–water partition coefficient (Wildman–Crippen LogP) is 1.58. The van der Waals surface area contributed by atoms with Crippen LogP contribution in [0.15, 0.2) is 0 Å². The first-order valence-corrected chi connectivity index (χ1v) is 7.24. The van der Waals surface area contributed by atoms with E-state index in [1.807, 2.05) is 4.90 Å². The molecule has 0 bridgehead atoms. The van der Waals surface area contributed by atoms with Crippen LogP contribution < -0.4 is 0 Å². The van der Waals surface area contributed by atoms with E-state index in [4.69, 9.17) is 4.84 Å². The number of hydroxylamine groups is 2. The van der Waals surface area contributed by atoms with Gasteiger partial charge >= 0.3 is 0 Å². The topological polar surface area (TPSA) is 49.9 Å². The molecule has 2 aliphatic rings. The van der Waals surface area contributed by atoms with Crippen LogP contribution in [0.25, 0.3) is 0 Å². The zero-order chi connectivity index (χ0) is 13.8. The minimum Gasteiger partial charge on any atom is -0.339 e. The lowest BCUT2D eigenvalue weighted by molar-refractivity contribution is -0.173. The average Bonchev–Trinajstić information content (AvgIpc) is 2.65. The molecular weight excluding hydrogens is 244 g/mol. The second-order valence-electron chi connectivity index (χ2n) is 5.61. The SMILES string of the molecule is CON(C)C(=O)[C@H]1CC(=O)N(C2CCCCCC2)C1. The summed E-state index contributed by atoms with van der Waals surface area (Å²) in [7, 11) is 3.07. The van der Waals surface area contributed by atoms with Gasteiger partial charge in [0.2, 0.25) is 5.91 Å². The summed E-state index contributed by atoms with van der Waals surface area (Å²) in [6, 6.07) is 0.348. The Kier molecular flexibility index (Phi) is 4.80. The molecule has 0 aromatic rings. The molecule has 1 heterocycles. The molecule has 0 unspecified atom stereocenters. The molecule has 1 aliphatic heterocycles. The molecule has 2 rings (SSSR count). The Morgan fingerprint density at radius 2 is 1.89 bits per heavy atom. The van der Waals surface area contributed by atoms with Crippen molar-refractivity contribution < 1.29 is 14.4 Å². The van der Waals surface area contributed by atoms with Crippen LogP contribution in [0.1, 0.15) is 44.9 Å². The van der Waals surface area contributed by atoms with Crippen molar-refractivity contribution in [1.82, 2.24) is 9.96 Å². The van der Waals surface area contributed by atoms with Gasteiger partial charge in [0.25, 0.3) is 5.91 Å². The molecule has 0 radical (unpaired) electrons. The minimum atomic E-state index is -0.235. The number of carbonyl (C=O) groups is 2. The Hall–Kier alpha value is -1.10. The minimum absolute atomic E-state index is 0.0908. The van der Waals surface area contributed by atoms with Crippen LogP contribution in [0.2, 0.25) is 0 Å². The van der Waals surface area contributed by atoms with Gasteiger partial charge in [0.05, 0.1) is 13.0 Å². The molecule has 19 heavy (non-hydrogen) atoms. The lowest BCUT2D eigenvalue weighted by atomic mass is 10.1. The van der Waals surface area contributed by atoms with Gasteiger partial charge in [-0.3, -0.25) is 14.4 Å². The molecule has 1 saturated carbocycles. The van der Waals surface area contributed by atoms with Crippen LogP contribution in [0.4, 0.5) is 0 Å². The van der Waals surface area contributed by atoms with Gasteiger partial charge in [0.1, 0.15) is 0 Å². The normalized spacial score (nSPS) is 25.5. The zero-order valence-corrected chi connectivity index (χ0v) is 11.9. The van der Waals surface area contributed by atoms with Crippen molar-refractivity contribution in [1.29, 1.82) is 0 Å². The first kappa shape index (κ1) is 14.3. The van der Waals surface area contributed by atoms with Crippen molar-refractivity contribution in [3.05, 3.63) is 0 Å². The van der Waals surface area contributed by atoms with Gasteiger partial charge in [0.15, 0.2) is 0 Å². The summed E-state index contributed by atoms with van der Waals surface area (Å²) in [6.07, 6.45) is 7.46. The number of rotatable bonds is 3. The molecule has 5 heteroatoms. The summed E-state index contributed by atoms with van der Waals surface area (Å²) in [5, 5.41) is 1.23. The van der Waals surface area contributed by atoms with Crippen LogP contribution in [-0.4, -0.2) is 48.5 Å². The van der Waals surface area contributed by atoms with E-state index in [2.05, 4.69) is 0 Å². The van der Waals surface area contributed by atoms with Gasteiger partial charge in [-0.25, -0.2) is 5.06 Å². The average molecular weight is 268 g/mol. The van der Waals surface area contributed by atoms with E-state index in [0.717, 1.165) is 12.8 Å². The Labute approximate surface area is 114 Å². The predicted molar refractivity (Wildman–Crippen MR) is 71.1 cm³/mol. The molecule has 2 fully saturated rings. The highest BCUT2D eigenvalue weighted by atomic mass is 16.7. The van der Waals surface area contributed by atoms with Crippen LogP contribution in [-0.2, 0) is 14.4 Å². The molecule has 0 aromatic carbocycles. The molecule has 1 aliphatic carbocycles. The zero-order valence-electron chi connectivity index (χ0n) is 11.9. The van der Waals surface area contributed by atoms with Crippen molar-refractivity contribution >= 4 is 11.8 Å². The second kappa shape index (κ2) is 6.37. The third-order valence-corrected chi connectivity index (χ3v) is 4.36. The highest BCUT2D eigenvalue weighted by Gasteiger charge is 2.39. The van der Waals surface area contributed by atoms with Crippen molar-refractivity contribution in [3.8, 4) is 0 Å². The third kappa shape index (κ3) is 3.26. The van der Waals surface area contributed by atoms with E-state index in [9.17, 15) is 9.59 Å². The summed E-state index contributed by atoms with van der Waals surface area (Å²) in [5.41, 5.74) is 0. The maximum atomic E-state index is 12.1. The van der Waals surface area contributed by atoms with Gasteiger partial charge in [-0.15, -0.1) is 0 Å². The fourth-order valence-electron chi connectivity index (χ4n) is 3.17. The molecule has 108 valence electrons. The molecule has 1 atom stereocenters. The summed E-state index contributed by atoms with van der Waals surface area (Å²) >= 11 is 0. The maximum absolute atomic E-state index is 12.1. The second-order valence-corrected chi connectivity index (χ2v) is 5.61. The highest BCUT2D eigenvalue weighted by Crippen LogP contribution is 2.28. The van der Waals surface area contributed by atoms with Gasteiger partial charge < -0.3 is 4.90 Å². The van der Waals surface area contributed by atoms with Crippen molar-refractivity contribution in [3.63, 3.8) is 0 Å². The Morgan fingerprint density at radius 3 is 2.47 bits per heavy atom. The van der Waals surface area contributed by atoms with Crippen molar-refractivity contribution in [2.45, 2.75) is 51.0 Å². The number of nitrogens with zero attached hydrogens (tertiary/aromatic N) is 2. The first-order valence-electron chi connectivity index (χ1n) is 7.24. The Morgan fingerprint density at radius 1 is 1.26 bits per heavy atom. The van der Waals surface area contributed by atoms with Crippen LogP contribution in [0.5, 0.6) is 0 Å². The lowest BCUT2D eigenvalue weighted by Gasteiger charge is -2.27. The number of likely N-dealkylation sites (tertiary alicyclic amines) is 1. The van der Waals surface area contributed by atoms with Gasteiger partial charge in [0, 0.05) is 26.1 Å². The number of amides is 2. The summed E-state index contributed by atoms with van der Waals surface area (Å²) in [6.45, 7) is 0.566. The van der Waals surface area contributed by atoms with Crippen molar-refractivity contribution in [2.75, 3.05) is 20.7 Å². The van der Waals surface area contributed by atoms with E-state index in [1.165, 1.54) is 37.9 Å². The fraction of sp³-hybridized carbons (Fsp3) is 0.857. The van der Waals surface area contributed by atoms with Gasteiger partial charge in [-0.2, -0.15) is 0 Å². The molecular formula is C14H24N2O3. The molecule has 0 N–H and O–H groups in total. The molecule has 0 spiro atoms. The molecule has 0 aromatic heterocycles. The van der Waals surface area contributed by atoms with Crippen LogP contribution >= 0.6 is 0 Å². The molecule has 5 nitrogen and oxygen atoms in total. The Balaban J connectivity index is 1.96. The van der Waals surface area contributed by atoms with E-state index < -0.39 is 0 Å². The molecule has 2 amide bonds. The van der Waals surface area contributed by atoms with E-state index in [-0.39, 0.29) is 17.7 Å². The maximum Gasteiger partial charge on any atom is 0.251 e.